The number of esters is 1. The molecule has 0 radical (unpaired) electrons. The summed E-state index contributed by atoms with van der Waals surface area (Å²) in [6.07, 6.45) is 5.44. The van der Waals surface area contributed by atoms with Crippen LogP contribution in [0, 0.1) is 0 Å². The molecule has 0 unspecified atom stereocenters. The first kappa shape index (κ1) is 13.7. The number of carbonyl (C=O) groups is 1. The van der Waals surface area contributed by atoms with E-state index >= 15 is 0 Å². The Balaban J connectivity index is 2.59. The fraction of sp³-hybridized carbons (Fsp3) is 0.500. The summed E-state index contributed by atoms with van der Waals surface area (Å²) in [4.78, 5) is 11.3. The van der Waals surface area contributed by atoms with Gasteiger partial charge in [-0.2, -0.15) is 0 Å². The molecule has 1 aliphatic heterocycles. The van der Waals surface area contributed by atoms with Gasteiger partial charge in [0.25, 0.3) is 0 Å². The molecule has 0 spiro atoms. The Morgan fingerprint density at radius 3 is 2.71 bits per heavy atom. The molecule has 94 valence electrons. The van der Waals surface area contributed by atoms with Crippen molar-refractivity contribution >= 4 is 5.97 Å². The minimum atomic E-state index is -0.309. The topological polar surface area (TPSA) is 35.5 Å². The summed E-state index contributed by atoms with van der Waals surface area (Å²) in [6, 6.07) is 0. The Hall–Kier alpha value is -1.35. The van der Waals surface area contributed by atoms with Crippen molar-refractivity contribution in [2.45, 2.75) is 26.7 Å². The molecule has 1 saturated heterocycles. The fourth-order valence-corrected chi connectivity index (χ4v) is 1.59. The Bertz CT molecular complexity index is 342. The molecule has 0 amide bonds. The number of allylic oxidation sites excluding steroid dienone is 3. The lowest BCUT2D eigenvalue weighted by atomic mass is 10.0. The zero-order chi connectivity index (χ0) is 12.7. The van der Waals surface area contributed by atoms with Crippen molar-refractivity contribution in [2.24, 2.45) is 0 Å². The third-order valence-electron chi connectivity index (χ3n) is 2.64. The van der Waals surface area contributed by atoms with Crippen LogP contribution in [0.25, 0.3) is 0 Å². The molecule has 0 aromatic carbocycles. The smallest absolute Gasteiger partial charge is 0.331 e. The van der Waals surface area contributed by atoms with Crippen LogP contribution in [0.3, 0.4) is 0 Å². The second-order valence-corrected chi connectivity index (χ2v) is 4.02. The van der Waals surface area contributed by atoms with Crippen LogP contribution >= 0.6 is 0 Å². The van der Waals surface area contributed by atoms with E-state index in [0.717, 1.165) is 37.2 Å². The van der Waals surface area contributed by atoms with Crippen molar-refractivity contribution in [1.29, 1.82) is 0 Å². The van der Waals surface area contributed by atoms with Gasteiger partial charge in [-0.1, -0.05) is 18.2 Å². The number of ether oxygens (including phenoxy) is 2. The van der Waals surface area contributed by atoms with E-state index in [9.17, 15) is 4.79 Å². The number of rotatable bonds is 4. The highest BCUT2D eigenvalue weighted by atomic mass is 16.5. The molecule has 0 bridgehead atoms. The van der Waals surface area contributed by atoms with Gasteiger partial charge in [0.1, 0.15) is 0 Å². The van der Waals surface area contributed by atoms with Gasteiger partial charge in [0, 0.05) is 6.08 Å². The summed E-state index contributed by atoms with van der Waals surface area (Å²) < 4.78 is 10.1. The van der Waals surface area contributed by atoms with Crippen LogP contribution in [0.1, 0.15) is 26.7 Å². The maximum atomic E-state index is 11.3. The van der Waals surface area contributed by atoms with E-state index in [1.807, 2.05) is 13.0 Å². The minimum Gasteiger partial charge on any atom is -0.463 e. The van der Waals surface area contributed by atoms with Crippen LogP contribution in [0.2, 0.25) is 0 Å². The van der Waals surface area contributed by atoms with E-state index in [-0.39, 0.29) is 5.97 Å². The number of hydrogen-bond donors (Lipinski definition) is 0. The summed E-state index contributed by atoms with van der Waals surface area (Å²) in [5, 5.41) is 0. The maximum Gasteiger partial charge on any atom is 0.331 e. The SMILES string of the molecule is C=C(C=C1CCOCC1)/C(C)=C/C(=O)OCC. The van der Waals surface area contributed by atoms with Crippen LogP contribution in [0.15, 0.2) is 35.5 Å². The first-order valence-electron chi connectivity index (χ1n) is 5.95. The van der Waals surface area contributed by atoms with Crippen LogP contribution in [-0.2, 0) is 14.3 Å². The Morgan fingerprint density at radius 2 is 2.12 bits per heavy atom. The van der Waals surface area contributed by atoms with E-state index in [4.69, 9.17) is 9.47 Å². The van der Waals surface area contributed by atoms with E-state index in [2.05, 4.69) is 6.58 Å². The van der Waals surface area contributed by atoms with Crippen molar-refractivity contribution < 1.29 is 14.3 Å². The largest absolute Gasteiger partial charge is 0.463 e. The van der Waals surface area contributed by atoms with Crippen molar-refractivity contribution in [2.75, 3.05) is 19.8 Å². The van der Waals surface area contributed by atoms with Crippen molar-refractivity contribution in [3.05, 3.63) is 35.5 Å². The number of hydrogen-bond acceptors (Lipinski definition) is 3. The average molecular weight is 236 g/mol. The molecule has 1 aliphatic rings. The van der Waals surface area contributed by atoms with Gasteiger partial charge in [-0.25, -0.2) is 4.79 Å². The summed E-state index contributed by atoms with van der Waals surface area (Å²) >= 11 is 0. The molecule has 0 aliphatic carbocycles. The van der Waals surface area contributed by atoms with Crippen molar-refractivity contribution in [3.8, 4) is 0 Å². The van der Waals surface area contributed by atoms with Gasteiger partial charge < -0.3 is 9.47 Å². The molecule has 0 saturated carbocycles. The van der Waals surface area contributed by atoms with Crippen molar-refractivity contribution in [1.82, 2.24) is 0 Å². The minimum absolute atomic E-state index is 0.309. The van der Waals surface area contributed by atoms with Gasteiger partial charge in [-0.15, -0.1) is 0 Å². The fourth-order valence-electron chi connectivity index (χ4n) is 1.59. The normalized spacial score (nSPS) is 16.6. The predicted molar refractivity (Wildman–Crippen MR) is 67.7 cm³/mol. The molecular weight excluding hydrogens is 216 g/mol. The Kier molecular flexibility index (Phi) is 5.70. The van der Waals surface area contributed by atoms with E-state index in [0.29, 0.717) is 6.61 Å². The lowest BCUT2D eigenvalue weighted by molar-refractivity contribution is -0.137. The maximum absolute atomic E-state index is 11.3. The van der Waals surface area contributed by atoms with Crippen LogP contribution < -0.4 is 0 Å². The van der Waals surface area contributed by atoms with Gasteiger partial charge in [0.2, 0.25) is 0 Å². The predicted octanol–water partition coefficient (Wildman–Crippen LogP) is 2.79. The highest BCUT2D eigenvalue weighted by Crippen LogP contribution is 2.18. The second kappa shape index (κ2) is 7.07. The van der Waals surface area contributed by atoms with E-state index in [1.165, 1.54) is 11.6 Å². The monoisotopic (exact) mass is 236 g/mol. The summed E-state index contributed by atoms with van der Waals surface area (Å²) in [7, 11) is 0. The third-order valence-corrected chi connectivity index (χ3v) is 2.64. The molecule has 0 atom stereocenters. The van der Waals surface area contributed by atoms with Crippen LogP contribution in [0.5, 0.6) is 0 Å². The van der Waals surface area contributed by atoms with Gasteiger partial charge in [0.15, 0.2) is 0 Å². The Labute approximate surface area is 103 Å². The lowest BCUT2D eigenvalue weighted by Gasteiger charge is -2.15. The molecule has 3 nitrogen and oxygen atoms in total. The molecule has 1 fully saturated rings. The molecule has 0 aromatic rings. The summed E-state index contributed by atoms with van der Waals surface area (Å²) in [5.41, 5.74) is 3.05. The van der Waals surface area contributed by atoms with Crippen molar-refractivity contribution in [3.63, 3.8) is 0 Å². The highest BCUT2D eigenvalue weighted by Gasteiger charge is 2.06. The quantitative estimate of drug-likeness (QED) is 0.428. The Morgan fingerprint density at radius 1 is 1.47 bits per heavy atom. The molecule has 1 heterocycles. The zero-order valence-corrected chi connectivity index (χ0v) is 10.6. The molecule has 3 heteroatoms. The molecule has 17 heavy (non-hydrogen) atoms. The number of carbonyl (C=O) groups excluding carboxylic acids is 1. The summed E-state index contributed by atoms with van der Waals surface area (Å²) in [6.45, 7) is 9.58. The summed E-state index contributed by atoms with van der Waals surface area (Å²) in [5.74, 6) is -0.309. The molecular formula is C14H20O3. The molecule has 0 N–H and O–H groups in total. The van der Waals surface area contributed by atoms with Crippen LogP contribution in [-0.4, -0.2) is 25.8 Å². The highest BCUT2D eigenvalue weighted by molar-refractivity contribution is 5.83. The first-order chi connectivity index (χ1) is 8.13. The third kappa shape index (κ3) is 5.00. The van der Waals surface area contributed by atoms with Gasteiger partial charge >= 0.3 is 5.97 Å². The second-order valence-electron chi connectivity index (χ2n) is 4.02. The average Bonchev–Trinajstić information content (AvgIpc) is 2.30. The standard InChI is InChI=1S/C14H20O3/c1-4-17-14(15)10-12(3)11(2)9-13-5-7-16-8-6-13/h9-10H,2,4-8H2,1,3H3/b12-10+. The molecule has 0 aromatic heterocycles. The van der Waals surface area contributed by atoms with Gasteiger partial charge in [-0.3, -0.25) is 0 Å². The van der Waals surface area contributed by atoms with Crippen LogP contribution in [0.4, 0.5) is 0 Å². The van der Waals surface area contributed by atoms with E-state index < -0.39 is 0 Å². The van der Waals surface area contributed by atoms with Gasteiger partial charge in [0.05, 0.1) is 19.8 Å². The lowest BCUT2D eigenvalue weighted by Crippen LogP contribution is -2.07. The zero-order valence-electron chi connectivity index (χ0n) is 10.6. The van der Waals surface area contributed by atoms with E-state index in [1.54, 1.807) is 6.92 Å². The first-order valence-corrected chi connectivity index (χ1v) is 5.95. The van der Waals surface area contributed by atoms with Gasteiger partial charge in [-0.05, 0) is 37.8 Å². The molecule has 1 rings (SSSR count).